The normalized spacial score (nSPS) is 14.4. The van der Waals surface area contributed by atoms with Crippen LogP contribution >= 0.6 is 0 Å². The van der Waals surface area contributed by atoms with E-state index in [0.717, 1.165) is 5.69 Å². The maximum atomic E-state index is 2.49. The summed E-state index contributed by atoms with van der Waals surface area (Å²) in [5.41, 5.74) is 19.0. The maximum absolute atomic E-state index is 2.49. The summed E-state index contributed by atoms with van der Waals surface area (Å²) in [5, 5.41) is 0. The van der Waals surface area contributed by atoms with Gasteiger partial charge in [0, 0.05) is 27.8 Å². The van der Waals surface area contributed by atoms with E-state index in [1.54, 1.807) is 0 Å². The zero-order valence-electron chi connectivity index (χ0n) is 28.5. The van der Waals surface area contributed by atoms with Crippen LogP contribution in [0.15, 0.2) is 164 Å². The molecule has 7 aromatic carbocycles. The second-order valence-electron chi connectivity index (χ2n) is 14.6. The van der Waals surface area contributed by atoms with E-state index in [2.05, 4.69) is 196 Å². The minimum absolute atomic E-state index is 0.0953. The van der Waals surface area contributed by atoms with Crippen LogP contribution in [0.3, 0.4) is 0 Å². The molecule has 236 valence electrons. The van der Waals surface area contributed by atoms with Crippen LogP contribution in [-0.4, -0.2) is 0 Å². The van der Waals surface area contributed by atoms with Crippen LogP contribution in [0.4, 0.5) is 17.1 Å². The van der Waals surface area contributed by atoms with E-state index >= 15 is 0 Å². The lowest BCUT2D eigenvalue weighted by Crippen LogP contribution is -2.18. The Labute approximate surface area is 290 Å². The number of hydrogen-bond acceptors (Lipinski definition) is 1. The topological polar surface area (TPSA) is 3.24 Å². The largest absolute Gasteiger partial charge is 0.310 e. The lowest BCUT2D eigenvalue weighted by Gasteiger charge is -2.31. The molecule has 1 nitrogen and oxygen atoms in total. The average molecular weight is 630 g/mol. The molecule has 9 rings (SSSR count). The summed E-state index contributed by atoms with van der Waals surface area (Å²) >= 11 is 0. The zero-order chi connectivity index (χ0) is 33.3. The highest BCUT2D eigenvalue weighted by molar-refractivity contribution is 5.95. The first-order chi connectivity index (χ1) is 23.8. The first-order valence-corrected chi connectivity index (χ1v) is 17.4. The van der Waals surface area contributed by atoms with E-state index in [-0.39, 0.29) is 10.8 Å². The number of anilines is 3. The SMILES string of the molecule is CC1(C)c2ccccc2-c2ccc(N(c3ccccc3)c3cc4c(cc3-c3ccc(-c5ccccc5)cc3)-c3ccccc3C4(C)C)cc21. The van der Waals surface area contributed by atoms with Gasteiger partial charge in [0.15, 0.2) is 0 Å². The van der Waals surface area contributed by atoms with Gasteiger partial charge in [0.1, 0.15) is 0 Å². The smallest absolute Gasteiger partial charge is 0.0543 e. The molecule has 0 amide bonds. The third-order valence-electron chi connectivity index (χ3n) is 11.1. The number of rotatable bonds is 5. The van der Waals surface area contributed by atoms with Crippen LogP contribution < -0.4 is 4.90 Å². The molecule has 7 aromatic rings. The second kappa shape index (κ2) is 10.9. The van der Waals surface area contributed by atoms with Crippen molar-refractivity contribution in [1.82, 2.24) is 0 Å². The summed E-state index contributed by atoms with van der Waals surface area (Å²) in [7, 11) is 0. The lowest BCUT2D eigenvalue weighted by molar-refractivity contribution is 0.660. The monoisotopic (exact) mass is 629 g/mol. The minimum Gasteiger partial charge on any atom is -0.310 e. The summed E-state index contributed by atoms with van der Waals surface area (Å²) in [6.45, 7) is 9.47. The summed E-state index contributed by atoms with van der Waals surface area (Å²) in [6.07, 6.45) is 0. The van der Waals surface area contributed by atoms with Crippen molar-refractivity contribution in [2.45, 2.75) is 38.5 Å². The van der Waals surface area contributed by atoms with E-state index in [9.17, 15) is 0 Å². The summed E-state index contributed by atoms with van der Waals surface area (Å²) in [6, 6.07) is 60.5. The van der Waals surface area contributed by atoms with Gasteiger partial charge in [-0.25, -0.2) is 0 Å². The highest BCUT2D eigenvalue weighted by Crippen LogP contribution is 2.55. The van der Waals surface area contributed by atoms with Gasteiger partial charge in [-0.3, -0.25) is 0 Å². The Hall–Kier alpha value is -5.66. The fourth-order valence-electron chi connectivity index (χ4n) is 8.46. The zero-order valence-corrected chi connectivity index (χ0v) is 28.5. The molecule has 0 radical (unpaired) electrons. The van der Waals surface area contributed by atoms with Crippen LogP contribution in [0.2, 0.25) is 0 Å². The Balaban J connectivity index is 1.29. The second-order valence-corrected chi connectivity index (χ2v) is 14.6. The Kier molecular flexibility index (Phi) is 6.58. The van der Waals surface area contributed by atoms with Gasteiger partial charge in [0.25, 0.3) is 0 Å². The van der Waals surface area contributed by atoms with Crippen molar-refractivity contribution in [2.24, 2.45) is 0 Å². The Morgan fingerprint density at radius 2 is 0.816 bits per heavy atom. The first kappa shape index (κ1) is 29.5. The molecule has 0 heterocycles. The molecule has 0 atom stereocenters. The van der Waals surface area contributed by atoms with E-state index < -0.39 is 0 Å². The number of fused-ring (bicyclic) bond motifs is 6. The molecule has 0 saturated carbocycles. The van der Waals surface area contributed by atoms with Gasteiger partial charge >= 0.3 is 0 Å². The standard InChI is InChI=1S/C48H39N/c1-47(2)42-21-13-11-19-37(42)39-28-27-36(29-44(39)47)49(35-17-9-6-10-18-35)46-31-45-41(38-20-12-14-22-43(38)48(45,3)4)30-40(46)34-25-23-33(24-26-34)32-15-7-5-8-16-32/h5-31H,1-4H3. The molecule has 2 aliphatic carbocycles. The quantitative estimate of drug-likeness (QED) is 0.183. The molecule has 2 aliphatic rings. The third-order valence-corrected chi connectivity index (χ3v) is 11.1. The van der Waals surface area contributed by atoms with Crippen molar-refractivity contribution < 1.29 is 0 Å². The van der Waals surface area contributed by atoms with E-state index in [1.807, 2.05) is 0 Å². The number of para-hydroxylation sites is 1. The van der Waals surface area contributed by atoms with Gasteiger partial charge < -0.3 is 4.90 Å². The third kappa shape index (κ3) is 4.53. The van der Waals surface area contributed by atoms with Crippen LogP contribution in [0, 0.1) is 0 Å². The Bertz CT molecular complexity index is 2360. The molecule has 1 heteroatoms. The number of hydrogen-bond donors (Lipinski definition) is 0. The van der Waals surface area contributed by atoms with Crippen molar-refractivity contribution in [1.29, 1.82) is 0 Å². The molecule has 0 aliphatic heterocycles. The van der Waals surface area contributed by atoms with Crippen LogP contribution in [0.5, 0.6) is 0 Å². The van der Waals surface area contributed by atoms with Gasteiger partial charge in [0.2, 0.25) is 0 Å². The van der Waals surface area contributed by atoms with Gasteiger partial charge in [-0.15, -0.1) is 0 Å². The fourth-order valence-corrected chi connectivity index (χ4v) is 8.46. The van der Waals surface area contributed by atoms with Crippen molar-refractivity contribution in [2.75, 3.05) is 4.90 Å². The van der Waals surface area contributed by atoms with Gasteiger partial charge in [-0.2, -0.15) is 0 Å². The molecule has 49 heavy (non-hydrogen) atoms. The fraction of sp³-hybridized carbons (Fsp3) is 0.125. The van der Waals surface area contributed by atoms with Crippen LogP contribution in [0.25, 0.3) is 44.5 Å². The van der Waals surface area contributed by atoms with Crippen LogP contribution in [-0.2, 0) is 10.8 Å². The lowest BCUT2D eigenvalue weighted by atomic mass is 9.81. The Morgan fingerprint density at radius 1 is 0.327 bits per heavy atom. The maximum Gasteiger partial charge on any atom is 0.0543 e. The van der Waals surface area contributed by atoms with Gasteiger partial charge in [0.05, 0.1) is 5.69 Å². The molecular formula is C48H39N. The van der Waals surface area contributed by atoms with Crippen molar-refractivity contribution in [3.8, 4) is 44.5 Å². The van der Waals surface area contributed by atoms with E-state index in [1.165, 1.54) is 78.1 Å². The van der Waals surface area contributed by atoms with E-state index in [4.69, 9.17) is 0 Å². The summed E-state index contributed by atoms with van der Waals surface area (Å²) in [5.74, 6) is 0. The van der Waals surface area contributed by atoms with Crippen molar-refractivity contribution in [3.05, 3.63) is 186 Å². The molecular weight excluding hydrogens is 591 g/mol. The number of nitrogens with zero attached hydrogens (tertiary/aromatic N) is 1. The first-order valence-electron chi connectivity index (χ1n) is 17.4. The molecule has 0 unspecified atom stereocenters. The van der Waals surface area contributed by atoms with Crippen molar-refractivity contribution in [3.63, 3.8) is 0 Å². The molecule has 0 N–H and O–H groups in total. The molecule has 0 aromatic heterocycles. The summed E-state index contributed by atoms with van der Waals surface area (Å²) < 4.78 is 0. The van der Waals surface area contributed by atoms with Gasteiger partial charge in [-0.1, -0.05) is 155 Å². The Morgan fingerprint density at radius 3 is 1.47 bits per heavy atom. The number of benzene rings is 7. The highest BCUT2D eigenvalue weighted by Gasteiger charge is 2.38. The molecule has 0 saturated heterocycles. The minimum atomic E-state index is -0.125. The van der Waals surface area contributed by atoms with Gasteiger partial charge in [-0.05, 0) is 97.6 Å². The predicted octanol–water partition coefficient (Wildman–Crippen LogP) is 13.1. The van der Waals surface area contributed by atoms with Crippen LogP contribution in [0.1, 0.15) is 49.9 Å². The summed E-state index contributed by atoms with van der Waals surface area (Å²) in [4.78, 5) is 2.49. The average Bonchev–Trinajstić information content (AvgIpc) is 3.51. The highest BCUT2D eigenvalue weighted by atomic mass is 15.1. The molecule has 0 spiro atoms. The molecule has 0 bridgehead atoms. The van der Waals surface area contributed by atoms with Crippen molar-refractivity contribution >= 4 is 17.1 Å². The molecule has 0 fully saturated rings. The predicted molar refractivity (Wildman–Crippen MR) is 207 cm³/mol. The van der Waals surface area contributed by atoms with E-state index in [0.29, 0.717) is 0 Å².